The third-order valence-electron chi connectivity index (χ3n) is 2.66. The average molecular weight is 249 g/mol. The molecule has 0 heterocycles. The van der Waals surface area contributed by atoms with Crippen molar-refractivity contribution < 1.29 is 10.2 Å². The molecule has 0 unspecified atom stereocenters. The van der Waals surface area contributed by atoms with Gasteiger partial charge in [-0.25, -0.2) is 0 Å². The van der Waals surface area contributed by atoms with Gasteiger partial charge in [0.25, 0.3) is 0 Å². The molecule has 2 N–H and O–H groups in total. The monoisotopic (exact) mass is 248 g/mol. The standard InChI is InChI=1S/C14H13ClO2/c1-2-3-6-11-12(15)14(17)10-8-5-4-7-9(10)13(11)16/h3-8,16-17H,2H2,1H3/b6-3+. The average Bonchev–Trinajstić information content (AvgIpc) is 2.36. The Hall–Kier alpha value is -1.67. The molecule has 0 saturated carbocycles. The first-order valence-electron chi connectivity index (χ1n) is 5.45. The minimum atomic E-state index is 0.0100. The summed E-state index contributed by atoms with van der Waals surface area (Å²) in [6, 6.07) is 7.08. The molecule has 0 radical (unpaired) electrons. The number of allylic oxidation sites excluding steroid dienone is 1. The molecule has 0 aliphatic carbocycles. The van der Waals surface area contributed by atoms with Crippen LogP contribution in [0, 0.1) is 0 Å². The fourth-order valence-electron chi connectivity index (χ4n) is 1.78. The fourth-order valence-corrected chi connectivity index (χ4v) is 2.03. The Morgan fingerprint density at radius 1 is 1.12 bits per heavy atom. The number of hydrogen-bond acceptors (Lipinski definition) is 2. The molecule has 0 bridgehead atoms. The Bertz CT molecular complexity index is 588. The molecule has 0 amide bonds. The molecule has 3 heteroatoms. The molecule has 0 aliphatic heterocycles. The summed E-state index contributed by atoms with van der Waals surface area (Å²) in [6.45, 7) is 1.99. The zero-order valence-corrected chi connectivity index (χ0v) is 10.2. The zero-order valence-electron chi connectivity index (χ0n) is 9.44. The highest BCUT2D eigenvalue weighted by Gasteiger charge is 2.14. The van der Waals surface area contributed by atoms with E-state index in [9.17, 15) is 10.2 Å². The molecular weight excluding hydrogens is 236 g/mol. The molecule has 88 valence electrons. The van der Waals surface area contributed by atoms with Crippen LogP contribution in [0.15, 0.2) is 30.3 Å². The summed E-state index contributed by atoms with van der Waals surface area (Å²) in [5, 5.41) is 21.5. The molecule has 2 nitrogen and oxygen atoms in total. The Morgan fingerprint density at radius 3 is 2.29 bits per heavy atom. The van der Waals surface area contributed by atoms with Gasteiger partial charge in [-0.2, -0.15) is 0 Å². The van der Waals surface area contributed by atoms with E-state index >= 15 is 0 Å². The van der Waals surface area contributed by atoms with Crippen LogP contribution in [0.3, 0.4) is 0 Å². The molecule has 2 aromatic carbocycles. The molecule has 2 rings (SSSR count). The van der Waals surface area contributed by atoms with E-state index in [0.717, 1.165) is 6.42 Å². The van der Waals surface area contributed by atoms with E-state index in [1.165, 1.54) is 0 Å². The van der Waals surface area contributed by atoms with Gasteiger partial charge in [-0.3, -0.25) is 0 Å². The van der Waals surface area contributed by atoms with E-state index in [4.69, 9.17) is 11.6 Å². The summed E-state index contributed by atoms with van der Waals surface area (Å²) >= 11 is 6.05. The molecule has 0 spiro atoms. The number of benzene rings is 2. The van der Waals surface area contributed by atoms with Crippen molar-refractivity contribution in [2.24, 2.45) is 0 Å². The van der Waals surface area contributed by atoms with Gasteiger partial charge in [-0.1, -0.05) is 54.9 Å². The van der Waals surface area contributed by atoms with E-state index in [2.05, 4.69) is 0 Å². The molecule has 0 aromatic heterocycles. The summed E-state index contributed by atoms with van der Waals surface area (Å²) in [6.07, 6.45) is 4.45. The number of aromatic hydroxyl groups is 2. The first-order chi connectivity index (χ1) is 8.16. The lowest BCUT2D eigenvalue weighted by molar-refractivity contribution is 0.468. The zero-order chi connectivity index (χ0) is 12.4. The van der Waals surface area contributed by atoms with Crippen molar-refractivity contribution in [3.05, 3.63) is 40.9 Å². The summed E-state index contributed by atoms with van der Waals surface area (Å²) < 4.78 is 0. The first-order valence-corrected chi connectivity index (χ1v) is 5.83. The van der Waals surface area contributed by atoms with Crippen LogP contribution in [-0.4, -0.2) is 10.2 Å². The van der Waals surface area contributed by atoms with Crippen LogP contribution in [0.2, 0.25) is 5.02 Å². The van der Waals surface area contributed by atoms with Gasteiger partial charge in [-0.05, 0) is 6.42 Å². The van der Waals surface area contributed by atoms with Crippen LogP contribution in [0.5, 0.6) is 11.5 Å². The molecule has 0 aliphatic rings. The Kier molecular flexibility index (Phi) is 3.25. The Morgan fingerprint density at radius 2 is 1.71 bits per heavy atom. The fraction of sp³-hybridized carbons (Fsp3) is 0.143. The second-order valence-corrected chi connectivity index (χ2v) is 4.16. The van der Waals surface area contributed by atoms with Gasteiger partial charge in [-0.15, -0.1) is 0 Å². The van der Waals surface area contributed by atoms with E-state index in [-0.39, 0.29) is 16.5 Å². The maximum atomic E-state index is 10.1. The largest absolute Gasteiger partial charge is 0.507 e. The number of phenolic OH excluding ortho intramolecular Hbond substituents is 2. The summed E-state index contributed by atoms with van der Waals surface area (Å²) in [4.78, 5) is 0. The van der Waals surface area contributed by atoms with E-state index < -0.39 is 0 Å². The number of halogens is 1. The van der Waals surface area contributed by atoms with Crippen molar-refractivity contribution in [3.8, 4) is 11.5 Å². The number of rotatable bonds is 2. The molecule has 0 fully saturated rings. The minimum Gasteiger partial charge on any atom is -0.507 e. The third-order valence-corrected chi connectivity index (χ3v) is 3.04. The summed E-state index contributed by atoms with van der Waals surface area (Å²) in [5.74, 6) is 0.115. The highest BCUT2D eigenvalue weighted by molar-refractivity contribution is 6.35. The van der Waals surface area contributed by atoms with Crippen molar-refractivity contribution >= 4 is 28.4 Å². The quantitative estimate of drug-likeness (QED) is 0.777. The van der Waals surface area contributed by atoms with Crippen LogP contribution in [-0.2, 0) is 0 Å². The number of phenols is 2. The third kappa shape index (κ3) is 1.96. The molecule has 2 aromatic rings. The Balaban J connectivity index is 2.81. The normalized spacial score (nSPS) is 11.4. The first kappa shape index (κ1) is 11.8. The lowest BCUT2D eigenvalue weighted by Gasteiger charge is -2.10. The van der Waals surface area contributed by atoms with Gasteiger partial charge in [0.1, 0.15) is 11.5 Å². The number of fused-ring (bicyclic) bond motifs is 1. The lowest BCUT2D eigenvalue weighted by Crippen LogP contribution is -1.83. The van der Waals surface area contributed by atoms with Crippen LogP contribution >= 0.6 is 11.6 Å². The van der Waals surface area contributed by atoms with Crippen molar-refractivity contribution in [1.29, 1.82) is 0 Å². The topological polar surface area (TPSA) is 40.5 Å². The minimum absolute atomic E-state index is 0.0100. The lowest BCUT2D eigenvalue weighted by atomic mass is 10.0. The Labute approximate surface area is 105 Å². The summed E-state index contributed by atoms with van der Waals surface area (Å²) in [7, 11) is 0. The number of hydrogen-bond donors (Lipinski definition) is 2. The SMILES string of the molecule is CC/C=C/c1c(Cl)c(O)c2ccccc2c1O. The van der Waals surface area contributed by atoms with Gasteiger partial charge < -0.3 is 10.2 Å². The van der Waals surface area contributed by atoms with Crippen LogP contribution < -0.4 is 0 Å². The van der Waals surface area contributed by atoms with Crippen LogP contribution in [0.25, 0.3) is 16.8 Å². The predicted octanol–water partition coefficient (Wildman–Crippen LogP) is 4.33. The van der Waals surface area contributed by atoms with Crippen LogP contribution in [0.1, 0.15) is 18.9 Å². The summed E-state index contributed by atoms with van der Waals surface area (Å²) in [5.41, 5.74) is 0.463. The van der Waals surface area contributed by atoms with Crippen molar-refractivity contribution in [2.75, 3.05) is 0 Å². The van der Waals surface area contributed by atoms with Gasteiger partial charge in [0.2, 0.25) is 0 Å². The highest BCUT2D eigenvalue weighted by Crippen LogP contribution is 2.42. The van der Waals surface area contributed by atoms with Gasteiger partial charge in [0, 0.05) is 16.3 Å². The van der Waals surface area contributed by atoms with E-state index in [1.54, 1.807) is 24.3 Å². The van der Waals surface area contributed by atoms with Crippen molar-refractivity contribution in [1.82, 2.24) is 0 Å². The maximum absolute atomic E-state index is 10.1. The smallest absolute Gasteiger partial charge is 0.142 e. The highest BCUT2D eigenvalue weighted by atomic mass is 35.5. The van der Waals surface area contributed by atoms with Gasteiger partial charge in [0.05, 0.1) is 5.02 Å². The van der Waals surface area contributed by atoms with Crippen molar-refractivity contribution in [3.63, 3.8) is 0 Å². The van der Waals surface area contributed by atoms with Crippen LogP contribution in [0.4, 0.5) is 0 Å². The molecule has 0 saturated heterocycles. The predicted molar refractivity (Wildman–Crippen MR) is 71.6 cm³/mol. The van der Waals surface area contributed by atoms with Crippen molar-refractivity contribution in [2.45, 2.75) is 13.3 Å². The van der Waals surface area contributed by atoms with Gasteiger partial charge >= 0.3 is 0 Å². The van der Waals surface area contributed by atoms with E-state index in [0.29, 0.717) is 16.3 Å². The second kappa shape index (κ2) is 4.68. The maximum Gasteiger partial charge on any atom is 0.142 e. The molecule has 17 heavy (non-hydrogen) atoms. The second-order valence-electron chi connectivity index (χ2n) is 3.78. The van der Waals surface area contributed by atoms with E-state index in [1.807, 2.05) is 19.1 Å². The van der Waals surface area contributed by atoms with Gasteiger partial charge in [0.15, 0.2) is 0 Å². The molecular formula is C14H13ClO2. The molecule has 0 atom stereocenters.